The standard InChI is InChI=1S/C17H17BrF3N5O2S/c1-7-10(6-22)15(29-12(7)16(28)25(4)5)23-14(27)9(3)26-8(2)11(18)13(24-26)17(19,20)21/h9H,1-5H3,(H,23,27)/t9-/m0/s1. The number of nitriles is 1. The molecular weight excluding hydrogens is 475 g/mol. The van der Waals surface area contributed by atoms with E-state index >= 15 is 0 Å². The topological polar surface area (TPSA) is 91.0 Å². The Hall–Kier alpha value is -2.39. The van der Waals surface area contributed by atoms with E-state index < -0.39 is 23.8 Å². The molecule has 0 saturated carbocycles. The van der Waals surface area contributed by atoms with E-state index in [0.29, 0.717) is 10.4 Å². The summed E-state index contributed by atoms with van der Waals surface area (Å²) in [6, 6.07) is 0.860. The second-order valence-corrected chi connectivity index (χ2v) is 8.24. The van der Waals surface area contributed by atoms with E-state index in [0.717, 1.165) is 16.0 Å². The Kier molecular flexibility index (Phi) is 6.44. The van der Waals surface area contributed by atoms with Gasteiger partial charge in [0.15, 0.2) is 5.69 Å². The fourth-order valence-corrected chi connectivity index (χ4v) is 4.19. The van der Waals surface area contributed by atoms with Gasteiger partial charge in [-0.25, -0.2) is 0 Å². The largest absolute Gasteiger partial charge is 0.436 e. The molecule has 0 aromatic carbocycles. The van der Waals surface area contributed by atoms with Crippen LogP contribution in [0.5, 0.6) is 0 Å². The van der Waals surface area contributed by atoms with Crippen LogP contribution in [0.3, 0.4) is 0 Å². The van der Waals surface area contributed by atoms with Gasteiger partial charge in [-0.15, -0.1) is 11.3 Å². The summed E-state index contributed by atoms with van der Waals surface area (Å²) in [5.41, 5.74) is -0.434. The number of thiophene rings is 1. The van der Waals surface area contributed by atoms with Crippen molar-refractivity contribution in [2.75, 3.05) is 19.4 Å². The van der Waals surface area contributed by atoms with Gasteiger partial charge in [-0.1, -0.05) is 0 Å². The van der Waals surface area contributed by atoms with Gasteiger partial charge in [0.25, 0.3) is 5.91 Å². The fraction of sp³-hybridized carbons (Fsp3) is 0.412. The molecule has 2 aromatic heterocycles. The molecule has 2 aromatic rings. The maximum absolute atomic E-state index is 13.1. The number of carbonyl (C=O) groups excluding carboxylic acids is 2. The van der Waals surface area contributed by atoms with E-state index in [9.17, 15) is 28.0 Å². The van der Waals surface area contributed by atoms with Gasteiger partial charge in [0.2, 0.25) is 5.91 Å². The van der Waals surface area contributed by atoms with Gasteiger partial charge in [0.05, 0.1) is 20.6 Å². The third-order valence-corrected chi connectivity index (χ3v) is 6.33. The van der Waals surface area contributed by atoms with Crippen LogP contribution >= 0.6 is 27.3 Å². The van der Waals surface area contributed by atoms with Gasteiger partial charge >= 0.3 is 6.18 Å². The number of alkyl halides is 3. The van der Waals surface area contributed by atoms with Crippen molar-refractivity contribution in [1.29, 1.82) is 5.26 Å². The van der Waals surface area contributed by atoms with E-state index in [4.69, 9.17) is 0 Å². The summed E-state index contributed by atoms with van der Waals surface area (Å²) in [4.78, 5) is 26.6. The zero-order chi connectivity index (χ0) is 22.3. The summed E-state index contributed by atoms with van der Waals surface area (Å²) in [6.07, 6.45) is -4.68. The van der Waals surface area contributed by atoms with Gasteiger partial charge in [0, 0.05) is 14.1 Å². The molecule has 0 bridgehead atoms. The van der Waals surface area contributed by atoms with Gasteiger partial charge in [-0.05, 0) is 42.3 Å². The lowest BCUT2D eigenvalue weighted by Gasteiger charge is -2.14. The molecule has 7 nitrogen and oxygen atoms in total. The molecule has 0 aliphatic carbocycles. The Morgan fingerprint density at radius 3 is 2.38 bits per heavy atom. The number of nitrogens with zero attached hydrogens (tertiary/aromatic N) is 4. The minimum absolute atomic E-state index is 0.131. The van der Waals surface area contributed by atoms with Crippen LogP contribution in [-0.4, -0.2) is 40.6 Å². The molecule has 0 radical (unpaired) electrons. The number of amides is 2. The predicted molar refractivity (Wildman–Crippen MR) is 105 cm³/mol. The molecular formula is C17H17BrF3N5O2S. The minimum atomic E-state index is -4.68. The average molecular weight is 492 g/mol. The van der Waals surface area contributed by atoms with Crippen LogP contribution in [0.1, 0.15) is 45.2 Å². The molecule has 2 rings (SSSR count). The van der Waals surface area contributed by atoms with E-state index in [1.165, 1.54) is 18.7 Å². The molecule has 0 saturated heterocycles. The fourth-order valence-electron chi connectivity index (χ4n) is 2.53. The number of carbonyl (C=O) groups is 2. The SMILES string of the molecule is Cc1c(C(=O)N(C)C)sc(NC(=O)[C@H](C)n2nc(C(F)(F)F)c(Br)c2C)c1C#N. The number of halogens is 4. The van der Waals surface area contributed by atoms with Crippen molar-refractivity contribution in [3.63, 3.8) is 0 Å². The van der Waals surface area contributed by atoms with Crippen LogP contribution in [0.15, 0.2) is 4.47 Å². The van der Waals surface area contributed by atoms with Crippen molar-refractivity contribution < 1.29 is 22.8 Å². The molecule has 29 heavy (non-hydrogen) atoms. The molecule has 0 unspecified atom stereocenters. The van der Waals surface area contributed by atoms with Crippen molar-refractivity contribution >= 4 is 44.1 Å². The first-order valence-electron chi connectivity index (χ1n) is 8.19. The molecule has 12 heteroatoms. The highest BCUT2D eigenvalue weighted by Crippen LogP contribution is 2.37. The molecule has 0 fully saturated rings. The summed E-state index contributed by atoms with van der Waals surface area (Å²) in [5.74, 6) is -0.988. The lowest BCUT2D eigenvalue weighted by atomic mass is 10.1. The average Bonchev–Trinajstić information content (AvgIpc) is 3.10. The van der Waals surface area contributed by atoms with Crippen LogP contribution in [0.25, 0.3) is 0 Å². The number of rotatable bonds is 4. The highest BCUT2D eigenvalue weighted by Gasteiger charge is 2.39. The number of hydrogen-bond donors (Lipinski definition) is 1. The second-order valence-electron chi connectivity index (χ2n) is 6.43. The second kappa shape index (κ2) is 8.16. The Labute approximate surface area is 177 Å². The van der Waals surface area contributed by atoms with Crippen molar-refractivity contribution in [2.45, 2.75) is 33.0 Å². The Morgan fingerprint density at radius 1 is 1.34 bits per heavy atom. The third-order valence-electron chi connectivity index (χ3n) is 4.19. The highest BCUT2D eigenvalue weighted by atomic mass is 79.9. The molecule has 0 aliphatic rings. The molecule has 1 atom stereocenters. The number of anilines is 1. The Morgan fingerprint density at radius 2 is 1.93 bits per heavy atom. The van der Waals surface area contributed by atoms with Crippen molar-refractivity contribution in [1.82, 2.24) is 14.7 Å². The van der Waals surface area contributed by atoms with Gasteiger partial charge < -0.3 is 10.2 Å². The highest BCUT2D eigenvalue weighted by molar-refractivity contribution is 9.10. The smallest absolute Gasteiger partial charge is 0.344 e. The van der Waals surface area contributed by atoms with E-state index in [1.54, 1.807) is 21.0 Å². The van der Waals surface area contributed by atoms with E-state index in [2.05, 4.69) is 26.3 Å². The van der Waals surface area contributed by atoms with Crippen molar-refractivity contribution in [2.24, 2.45) is 0 Å². The lowest BCUT2D eigenvalue weighted by molar-refractivity contribution is -0.142. The van der Waals surface area contributed by atoms with Gasteiger partial charge in [-0.3, -0.25) is 14.3 Å². The van der Waals surface area contributed by atoms with E-state index in [-0.39, 0.29) is 26.6 Å². The quantitative estimate of drug-likeness (QED) is 0.696. The monoisotopic (exact) mass is 491 g/mol. The summed E-state index contributed by atoms with van der Waals surface area (Å²) < 4.78 is 39.9. The molecule has 2 heterocycles. The van der Waals surface area contributed by atoms with Gasteiger partial charge in [-0.2, -0.15) is 23.5 Å². The van der Waals surface area contributed by atoms with Crippen molar-refractivity contribution in [3.05, 3.63) is 31.9 Å². The maximum Gasteiger partial charge on any atom is 0.436 e. The summed E-state index contributed by atoms with van der Waals surface area (Å²) >= 11 is 3.81. The first-order chi connectivity index (χ1) is 13.3. The van der Waals surface area contributed by atoms with Crippen LogP contribution in [0.2, 0.25) is 0 Å². The zero-order valence-electron chi connectivity index (χ0n) is 16.1. The summed E-state index contributed by atoms with van der Waals surface area (Å²) in [6.45, 7) is 4.38. The Bertz CT molecular complexity index is 1020. The zero-order valence-corrected chi connectivity index (χ0v) is 18.5. The molecule has 156 valence electrons. The van der Waals surface area contributed by atoms with E-state index in [1.807, 2.05) is 6.07 Å². The summed E-state index contributed by atoms with van der Waals surface area (Å²) in [5, 5.41) is 15.6. The first-order valence-corrected chi connectivity index (χ1v) is 9.79. The number of nitrogens with one attached hydrogen (secondary N) is 1. The predicted octanol–water partition coefficient (Wildman–Crippen LogP) is 4.12. The van der Waals surface area contributed by atoms with Crippen LogP contribution in [0.4, 0.5) is 18.2 Å². The van der Waals surface area contributed by atoms with Crippen LogP contribution < -0.4 is 5.32 Å². The molecule has 0 aliphatic heterocycles. The number of aromatic nitrogens is 2. The molecule has 2 amide bonds. The van der Waals surface area contributed by atoms with Gasteiger partial charge in [0.1, 0.15) is 17.1 Å². The van der Waals surface area contributed by atoms with Crippen LogP contribution in [0, 0.1) is 25.2 Å². The number of hydrogen-bond acceptors (Lipinski definition) is 5. The molecule has 1 N–H and O–H groups in total. The summed E-state index contributed by atoms with van der Waals surface area (Å²) in [7, 11) is 3.12. The molecule has 0 spiro atoms. The normalized spacial score (nSPS) is 12.4. The maximum atomic E-state index is 13.1. The third kappa shape index (κ3) is 4.30. The van der Waals surface area contributed by atoms with Crippen molar-refractivity contribution in [3.8, 4) is 6.07 Å². The van der Waals surface area contributed by atoms with Crippen LogP contribution in [-0.2, 0) is 11.0 Å². The Balaban J connectivity index is 2.38. The first kappa shape index (κ1) is 22.9. The minimum Gasteiger partial charge on any atom is -0.344 e. The lowest BCUT2D eigenvalue weighted by Crippen LogP contribution is -2.25.